The fourth-order valence-electron chi connectivity index (χ4n) is 3.32. The zero-order valence-electron chi connectivity index (χ0n) is 12.1. The van der Waals surface area contributed by atoms with E-state index >= 15 is 0 Å². The lowest BCUT2D eigenvalue weighted by molar-refractivity contribution is 0.227. The van der Waals surface area contributed by atoms with E-state index in [2.05, 4.69) is 21.2 Å². The molecule has 118 valence electrons. The van der Waals surface area contributed by atoms with Gasteiger partial charge in [-0.15, -0.1) is 11.3 Å². The molecule has 0 aliphatic carbocycles. The molecule has 2 atom stereocenters. The Morgan fingerprint density at radius 3 is 2.81 bits per heavy atom. The Balaban J connectivity index is 1.78. The first-order valence-corrected chi connectivity index (χ1v) is 10.5. The van der Waals surface area contributed by atoms with Crippen LogP contribution in [-0.4, -0.2) is 38.4 Å². The molecule has 1 aromatic heterocycles. The van der Waals surface area contributed by atoms with Crippen LogP contribution in [0.5, 0.6) is 0 Å². The third-order valence-corrected chi connectivity index (χ3v) is 8.97. The van der Waals surface area contributed by atoms with Crippen LogP contribution in [0.1, 0.15) is 31.2 Å². The van der Waals surface area contributed by atoms with E-state index in [4.69, 9.17) is 0 Å². The second kappa shape index (κ2) is 6.28. The van der Waals surface area contributed by atoms with Gasteiger partial charge in [-0.2, -0.15) is 4.31 Å². The molecule has 0 bridgehead atoms. The zero-order valence-corrected chi connectivity index (χ0v) is 15.4. The summed E-state index contributed by atoms with van der Waals surface area (Å²) < 4.78 is 28.7. The number of sulfonamides is 1. The van der Waals surface area contributed by atoms with Crippen LogP contribution in [-0.2, 0) is 10.0 Å². The molecule has 2 fully saturated rings. The topological polar surface area (TPSA) is 49.4 Å². The van der Waals surface area contributed by atoms with Crippen molar-refractivity contribution >= 4 is 37.3 Å². The van der Waals surface area contributed by atoms with Crippen molar-refractivity contribution in [2.75, 3.05) is 19.6 Å². The van der Waals surface area contributed by atoms with Gasteiger partial charge >= 0.3 is 0 Å². The molecule has 21 heavy (non-hydrogen) atoms. The molecule has 2 unspecified atom stereocenters. The molecular weight excluding hydrogens is 372 g/mol. The fraction of sp³-hybridized carbons (Fsp3) is 0.714. The maximum atomic E-state index is 12.8. The molecule has 2 aliphatic rings. The smallest absolute Gasteiger partial charge is 0.252 e. The maximum absolute atomic E-state index is 12.8. The lowest BCUT2D eigenvalue weighted by Crippen LogP contribution is -2.45. The molecule has 0 amide bonds. The summed E-state index contributed by atoms with van der Waals surface area (Å²) in [7, 11) is -3.33. The summed E-state index contributed by atoms with van der Waals surface area (Å²) in [6.07, 6.45) is 4.50. The van der Waals surface area contributed by atoms with Crippen LogP contribution < -0.4 is 5.32 Å². The van der Waals surface area contributed by atoms with Crippen molar-refractivity contribution in [1.82, 2.24) is 9.62 Å². The Bertz CT molecular complexity index is 589. The van der Waals surface area contributed by atoms with E-state index in [-0.39, 0.29) is 0 Å². The first-order valence-electron chi connectivity index (χ1n) is 7.48. The van der Waals surface area contributed by atoms with Crippen LogP contribution in [0.4, 0.5) is 0 Å². The summed E-state index contributed by atoms with van der Waals surface area (Å²) in [6.45, 7) is 4.32. The Hall–Kier alpha value is 0.0500. The third-order valence-electron chi connectivity index (χ3n) is 4.52. The highest BCUT2D eigenvalue weighted by atomic mass is 79.9. The van der Waals surface area contributed by atoms with E-state index in [1.807, 2.05) is 6.92 Å². The van der Waals surface area contributed by atoms with Crippen LogP contribution in [0, 0.1) is 12.8 Å². The molecule has 1 aromatic rings. The minimum atomic E-state index is -3.33. The summed E-state index contributed by atoms with van der Waals surface area (Å²) in [5.74, 6) is 0.459. The van der Waals surface area contributed by atoms with Gasteiger partial charge in [0.2, 0.25) is 0 Å². The molecule has 2 saturated heterocycles. The van der Waals surface area contributed by atoms with Crippen LogP contribution >= 0.6 is 27.3 Å². The summed E-state index contributed by atoms with van der Waals surface area (Å²) >= 11 is 4.74. The van der Waals surface area contributed by atoms with Gasteiger partial charge in [-0.05, 0) is 72.6 Å². The van der Waals surface area contributed by atoms with Gasteiger partial charge in [-0.1, -0.05) is 0 Å². The molecule has 7 heteroatoms. The van der Waals surface area contributed by atoms with E-state index in [1.165, 1.54) is 24.2 Å². The largest absolute Gasteiger partial charge is 0.314 e. The molecule has 2 aliphatic heterocycles. The van der Waals surface area contributed by atoms with Gasteiger partial charge in [-0.3, -0.25) is 0 Å². The highest BCUT2D eigenvalue weighted by molar-refractivity contribution is 9.11. The summed E-state index contributed by atoms with van der Waals surface area (Å²) in [4.78, 5) is 0. The Morgan fingerprint density at radius 1 is 1.38 bits per heavy atom. The molecule has 0 spiro atoms. The van der Waals surface area contributed by atoms with E-state index in [9.17, 15) is 8.42 Å². The van der Waals surface area contributed by atoms with E-state index < -0.39 is 10.0 Å². The number of halogens is 1. The summed E-state index contributed by atoms with van der Waals surface area (Å²) in [6, 6.07) is 2.28. The van der Waals surface area contributed by atoms with Crippen molar-refractivity contribution in [2.45, 2.75) is 42.9 Å². The Morgan fingerprint density at radius 2 is 2.19 bits per heavy atom. The number of hydrogen-bond donors (Lipinski definition) is 1. The van der Waals surface area contributed by atoms with E-state index in [1.54, 1.807) is 10.4 Å². The van der Waals surface area contributed by atoms with Gasteiger partial charge in [0, 0.05) is 19.1 Å². The minimum Gasteiger partial charge on any atom is -0.314 e. The zero-order chi connectivity index (χ0) is 15.0. The molecule has 0 radical (unpaired) electrons. The standard InChI is InChI=1S/C14H21BrN2O2S2/c1-10-8-13(20-14(10)15)21(18,19)17-7-3-4-11(9-17)12-5-2-6-16-12/h8,11-12,16H,2-7,9H2,1H3. The first kappa shape index (κ1) is 15.9. The quantitative estimate of drug-likeness (QED) is 0.859. The number of piperidine rings is 1. The van der Waals surface area contributed by atoms with Crippen LogP contribution in [0.2, 0.25) is 0 Å². The number of nitrogens with one attached hydrogen (secondary N) is 1. The van der Waals surface area contributed by atoms with Crippen LogP contribution in [0.3, 0.4) is 0 Å². The maximum Gasteiger partial charge on any atom is 0.252 e. The lowest BCUT2D eigenvalue weighted by atomic mass is 9.91. The average Bonchev–Trinajstić information content (AvgIpc) is 3.10. The number of thiophene rings is 1. The molecule has 0 saturated carbocycles. The normalized spacial score (nSPS) is 28.1. The Kier molecular flexibility index (Phi) is 4.76. The molecule has 0 aromatic carbocycles. The van der Waals surface area contributed by atoms with Crippen molar-refractivity contribution in [2.24, 2.45) is 5.92 Å². The van der Waals surface area contributed by atoms with Crippen molar-refractivity contribution < 1.29 is 8.42 Å². The van der Waals surface area contributed by atoms with E-state index in [0.29, 0.717) is 29.3 Å². The lowest BCUT2D eigenvalue weighted by Gasteiger charge is -2.34. The van der Waals surface area contributed by atoms with Gasteiger partial charge in [0.05, 0.1) is 3.79 Å². The molecular formula is C14H21BrN2O2S2. The second-order valence-electron chi connectivity index (χ2n) is 5.99. The van der Waals surface area contributed by atoms with Crippen molar-refractivity contribution in [3.05, 3.63) is 15.4 Å². The Labute approximate surface area is 139 Å². The van der Waals surface area contributed by atoms with Gasteiger partial charge in [-0.25, -0.2) is 8.42 Å². The minimum absolute atomic E-state index is 0.459. The highest BCUT2D eigenvalue weighted by Gasteiger charge is 2.35. The number of hydrogen-bond acceptors (Lipinski definition) is 4. The summed E-state index contributed by atoms with van der Waals surface area (Å²) in [5.41, 5.74) is 0.990. The SMILES string of the molecule is Cc1cc(S(=O)(=O)N2CCCC(C3CCCN3)C2)sc1Br. The summed E-state index contributed by atoms with van der Waals surface area (Å²) in [5, 5.41) is 3.52. The number of rotatable bonds is 3. The first-order chi connectivity index (χ1) is 9.98. The van der Waals surface area contributed by atoms with Crippen molar-refractivity contribution in [3.63, 3.8) is 0 Å². The van der Waals surface area contributed by atoms with Gasteiger partial charge in [0.15, 0.2) is 0 Å². The van der Waals surface area contributed by atoms with Gasteiger partial charge < -0.3 is 5.32 Å². The number of nitrogens with zero attached hydrogens (tertiary/aromatic N) is 1. The van der Waals surface area contributed by atoms with Crippen LogP contribution in [0.25, 0.3) is 0 Å². The monoisotopic (exact) mass is 392 g/mol. The van der Waals surface area contributed by atoms with Crippen molar-refractivity contribution in [1.29, 1.82) is 0 Å². The molecule has 4 nitrogen and oxygen atoms in total. The highest BCUT2D eigenvalue weighted by Crippen LogP contribution is 2.34. The molecule has 1 N–H and O–H groups in total. The average molecular weight is 393 g/mol. The van der Waals surface area contributed by atoms with Gasteiger partial charge in [0.1, 0.15) is 4.21 Å². The molecule has 3 rings (SSSR count). The fourth-order valence-corrected chi connectivity index (χ4v) is 7.24. The number of aryl methyl sites for hydroxylation is 1. The van der Waals surface area contributed by atoms with Crippen molar-refractivity contribution in [3.8, 4) is 0 Å². The predicted octanol–water partition coefficient (Wildman–Crippen LogP) is 2.97. The van der Waals surface area contributed by atoms with Crippen LogP contribution in [0.15, 0.2) is 14.1 Å². The second-order valence-corrected chi connectivity index (χ2v) is 10.5. The van der Waals surface area contributed by atoms with E-state index in [0.717, 1.165) is 28.7 Å². The third kappa shape index (κ3) is 3.22. The predicted molar refractivity (Wildman–Crippen MR) is 89.3 cm³/mol. The van der Waals surface area contributed by atoms with Gasteiger partial charge in [0.25, 0.3) is 10.0 Å². The molecule has 3 heterocycles.